The van der Waals surface area contributed by atoms with E-state index in [-0.39, 0.29) is 0 Å². The first-order chi connectivity index (χ1) is 38.6. The Bertz CT molecular complexity index is 1670. The smallest absolute Gasteiger partial charge is 0.0654 e. The zero-order valence-electron chi connectivity index (χ0n) is 52.8. The summed E-state index contributed by atoms with van der Waals surface area (Å²) < 4.78 is 0. The molecule has 2 aromatic carbocycles. The normalized spacial score (nSPS) is 11.6. The zero-order valence-corrected chi connectivity index (χ0v) is 54.4. The second-order valence-electron chi connectivity index (χ2n) is 23.7. The third kappa shape index (κ3) is 48.5. The van der Waals surface area contributed by atoms with E-state index in [9.17, 15) is 5.53 Å². The Morgan fingerprint density at radius 1 is 0.410 bits per heavy atom. The summed E-state index contributed by atoms with van der Waals surface area (Å²) in [5.41, 5.74) is 16.2. The van der Waals surface area contributed by atoms with Crippen molar-refractivity contribution in [3.8, 4) is 0 Å². The molecule has 0 aliphatic rings. The van der Waals surface area contributed by atoms with Crippen molar-refractivity contribution in [3.63, 3.8) is 0 Å². The molecule has 0 spiro atoms. The van der Waals surface area contributed by atoms with Gasteiger partial charge in [-0.05, 0) is 72.6 Å². The molecule has 0 aliphatic carbocycles. The van der Waals surface area contributed by atoms with Crippen LogP contribution in [-0.2, 0) is 24.4 Å². The van der Waals surface area contributed by atoms with Crippen LogP contribution in [0.1, 0.15) is 371 Å². The van der Waals surface area contributed by atoms with Gasteiger partial charge in [0.05, 0.1) is 5.57 Å². The number of hydrogen-bond acceptors (Lipinski definition) is 0. The molecule has 0 saturated heterocycles. The van der Waals surface area contributed by atoms with E-state index in [0.29, 0.717) is 0 Å². The molecule has 0 radical (unpaired) electrons. The Kier molecular flexibility index (Phi) is 57.5. The minimum absolute atomic E-state index is 0.843. The van der Waals surface area contributed by atoms with Crippen molar-refractivity contribution in [2.75, 3.05) is 0 Å². The van der Waals surface area contributed by atoms with Crippen LogP contribution in [0.2, 0.25) is 9.79 Å². The van der Waals surface area contributed by atoms with Gasteiger partial charge in [0, 0.05) is 0 Å². The molecule has 2 rings (SSSR count). The van der Waals surface area contributed by atoms with Crippen LogP contribution < -0.4 is 0 Å². The first kappa shape index (κ1) is 73.8. The number of allylic oxidation sites excluding steroid dienone is 3. The van der Waals surface area contributed by atoms with Crippen molar-refractivity contribution < 1.29 is 22.8 Å². The molecule has 0 atom stereocenters. The summed E-state index contributed by atoms with van der Waals surface area (Å²) in [6.45, 7) is 11.1. The van der Waals surface area contributed by atoms with Gasteiger partial charge in [0.15, 0.2) is 0 Å². The molecule has 0 N–H and O–H groups in total. The third-order valence-electron chi connectivity index (χ3n) is 16.1. The Balaban J connectivity index is 0.000000815. The molecule has 0 bridgehead atoms. The summed E-state index contributed by atoms with van der Waals surface area (Å²) in [5, 5.41) is 0. The minimum Gasteiger partial charge on any atom is -0.0654 e. The van der Waals surface area contributed by atoms with Crippen LogP contribution in [0, 0.1) is 0 Å². The summed E-state index contributed by atoms with van der Waals surface area (Å²) in [6.07, 6.45) is 77.8. The number of benzene rings is 2. The van der Waals surface area contributed by atoms with Crippen molar-refractivity contribution in [2.45, 2.75) is 365 Å². The van der Waals surface area contributed by atoms with Crippen molar-refractivity contribution in [1.29, 1.82) is 0 Å². The summed E-state index contributed by atoms with van der Waals surface area (Å²) in [6, 6.07) is 17.5. The number of unbranched alkanes of at least 4 members (excludes halogenated alkanes) is 44. The van der Waals surface area contributed by atoms with Crippen LogP contribution in [0.25, 0.3) is 17.2 Å². The molecule has 0 aromatic heterocycles. The average Bonchev–Trinajstić information content (AvgIpc) is 3.46. The fourth-order valence-corrected chi connectivity index (χ4v) is 13.0. The van der Waals surface area contributed by atoms with Gasteiger partial charge >= 0.3 is 175 Å². The molecule has 2 aromatic rings. The fraction of sp³-hybridized carbons (Fsp3) is 0.760. The van der Waals surface area contributed by atoms with Gasteiger partial charge in [-0.2, -0.15) is 0 Å². The first-order valence-electron chi connectivity index (χ1n) is 34.6. The number of aryl methyl sites for hydroxylation is 1. The van der Waals surface area contributed by atoms with E-state index in [2.05, 4.69) is 105 Å². The molecule has 0 heterocycles. The average molecular weight is 1170 g/mol. The van der Waals surface area contributed by atoms with E-state index in [1.165, 1.54) is 312 Å². The Morgan fingerprint density at radius 2 is 0.744 bits per heavy atom. The quantitative estimate of drug-likeness (QED) is 0.0158. The van der Waals surface area contributed by atoms with E-state index in [4.69, 9.17) is 0 Å². The maximum atomic E-state index is 9.18. The van der Waals surface area contributed by atoms with Crippen molar-refractivity contribution in [2.24, 2.45) is 0 Å². The van der Waals surface area contributed by atoms with Crippen LogP contribution in [0.5, 0.6) is 0 Å². The van der Waals surface area contributed by atoms with Gasteiger partial charge in [0.1, 0.15) is 0 Å². The van der Waals surface area contributed by atoms with Crippen molar-refractivity contribution in [3.05, 3.63) is 94.0 Å². The van der Waals surface area contributed by atoms with E-state index in [0.717, 1.165) is 60.4 Å². The number of nitrogens with zero attached hydrogens (tertiary/aromatic N) is 2. The molecule has 3 heteroatoms. The Labute approximate surface area is 496 Å². The number of hydrogen-bond donors (Lipinski definition) is 0. The SMILES string of the molecule is CC=Cc1cccc(C(=CC(=C=[N+]=[N-])CCCC)c2cccc(CCCCCCCC)c2)c1.CCCCCCCCCCCCCCCCCCCCC[CH2][Pd][CH2]CCCCCCCCCCCCCCCCCCCCC. The Morgan fingerprint density at radius 3 is 1.10 bits per heavy atom. The van der Waals surface area contributed by atoms with Gasteiger partial charge in [-0.3, -0.25) is 0 Å². The predicted molar refractivity (Wildman–Crippen MR) is 349 cm³/mol. The molecule has 78 heavy (non-hydrogen) atoms. The fourth-order valence-electron chi connectivity index (χ4n) is 11.0. The molecule has 0 fully saturated rings. The predicted octanol–water partition coefficient (Wildman–Crippen LogP) is 26.6. The molecular formula is C75H130N2Pd. The summed E-state index contributed by atoms with van der Waals surface area (Å²) in [4.78, 5) is 6.32. The molecule has 450 valence electrons. The maximum absolute atomic E-state index is 9.18. The molecule has 2 nitrogen and oxygen atoms in total. The van der Waals surface area contributed by atoms with Crippen molar-refractivity contribution in [1.82, 2.24) is 0 Å². The van der Waals surface area contributed by atoms with Crippen LogP contribution in [0.4, 0.5) is 0 Å². The molecule has 0 unspecified atom stereocenters. The van der Waals surface area contributed by atoms with Crippen LogP contribution in [0.15, 0.2) is 66.3 Å². The van der Waals surface area contributed by atoms with Crippen LogP contribution >= 0.6 is 0 Å². The Hall–Kier alpha value is -2.26. The molecule has 0 saturated carbocycles. The van der Waals surface area contributed by atoms with Crippen molar-refractivity contribution >= 4 is 17.5 Å². The third-order valence-corrected chi connectivity index (χ3v) is 18.3. The van der Waals surface area contributed by atoms with Crippen LogP contribution in [-0.4, -0.2) is 10.7 Å². The van der Waals surface area contributed by atoms with Gasteiger partial charge in [0.25, 0.3) is 0 Å². The van der Waals surface area contributed by atoms with E-state index < -0.39 is 0 Å². The molecule has 0 amide bonds. The van der Waals surface area contributed by atoms with Gasteiger partial charge in [-0.25, -0.2) is 0 Å². The van der Waals surface area contributed by atoms with Gasteiger partial charge < -0.3 is 5.53 Å². The monoisotopic (exact) mass is 1160 g/mol. The van der Waals surface area contributed by atoms with E-state index >= 15 is 0 Å². The summed E-state index contributed by atoms with van der Waals surface area (Å²) in [5.74, 6) is 2.81. The summed E-state index contributed by atoms with van der Waals surface area (Å²) >= 11 is 1.06. The van der Waals surface area contributed by atoms with Gasteiger partial charge in [-0.15, -0.1) is 4.79 Å². The standard InChI is InChI=1S/C31H40N2.2C22H45.Pd/c1-4-7-9-10-11-12-17-27-19-14-21-30(23-27)31(24-28(25-33-32)16-8-5-2)29-20-13-18-26(22-29)15-6-3;2*1-3-5-7-9-11-13-15-17-19-21-22-20-18-16-14-12-10-8-6-4-2;/h6,13-15,18-24H,4-5,7-12,16-17H2,1-3H3;2*1,3-22H2,2H3;. The zero-order chi connectivity index (χ0) is 56.1. The van der Waals surface area contributed by atoms with Gasteiger partial charge in [-0.1, -0.05) is 236 Å². The summed E-state index contributed by atoms with van der Waals surface area (Å²) in [7, 11) is 0. The number of rotatable bonds is 56. The molecular weight excluding hydrogens is 1040 g/mol. The van der Waals surface area contributed by atoms with Crippen LogP contribution in [0.3, 0.4) is 0 Å². The first-order valence-corrected chi connectivity index (χ1v) is 36.8. The van der Waals surface area contributed by atoms with Gasteiger partial charge in [0.2, 0.25) is 0 Å². The topological polar surface area (TPSA) is 36.4 Å². The molecule has 0 aliphatic heterocycles. The van der Waals surface area contributed by atoms with E-state index in [1.54, 1.807) is 9.79 Å². The second-order valence-corrected chi connectivity index (χ2v) is 26.0. The minimum atomic E-state index is 0.843. The second kappa shape index (κ2) is 60.8. The van der Waals surface area contributed by atoms with E-state index in [1.807, 2.05) is 6.92 Å².